The third-order valence-electron chi connectivity index (χ3n) is 5.61. The van der Waals surface area contributed by atoms with Gasteiger partial charge in [-0.2, -0.15) is 0 Å². The van der Waals surface area contributed by atoms with E-state index < -0.39 is 0 Å². The largest absolute Gasteiger partial charge is 0.379 e. The first-order valence-electron chi connectivity index (χ1n) is 10.6. The van der Waals surface area contributed by atoms with Crippen molar-refractivity contribution < 1.29 is 9.13 Å². The molecule has 2 aromatic carbocycles. The molecule has 3 heterocycles. The molecule has 5 rings (SSSR count). The molecule has 0 spiro atoms. The third kappa shape index (κ3) is 4.09. The van der Waals surface area contributed by atoms with Gasteiger partial charge in [-0.05, 0) is 49.2 Å². The first kappa shape index (κ1) is 20.3. The predicted molar refractivity (Wildman–Crippen MR) is 119 cm³/mol. The Morgan fingerprint density at radius 2 is 1.91 bits per heavy atom. The summed E-state index contributed by atoms with van der Waals surface area (Å²) in [5.41, 5.74) is 4.03. The average molecular weight is 430 g/mol. The van der Waals surface area contributed by atoms with Crippen LogP contribution in [-0.4, -0.2) is 38.2 Å². The number of hydrogen-bond acceptors (Lipinski definition) is 6. The molecule has 2 atom stereocenters. The molecule has 0 aliphatic carbocycles. The van der Waals surface area contributed by atoms with Crippen LogP contribution >= 0.6 is 0 Å². The minimum absolute atomic E-state index is 0.0364. The maximum Gasteiger partial charge on any atom is 0.223 e. The fourth-order valence-electron chi connectivity index (χ4n) is 3.88. The van der Waals surface area contributed by atoms with Crippen molar-refractivity contribution in [3.8, 4) is 22.6 Å². The summed E-state index contributed by atoms with van der Waals surface area (Å²) in [5.74, 6) is 0.217. The number of hydrogen-bond donors (Lipinski definition) is 1. The first-order chi connectivity index (χ1) is 15.7. The maximum absolute atomic E-state index is 13.5. The van der Waals surface area contributed by atoms with Crippen molar-refractivity contribution in [3.05, 3.63) is 78.2 Å². The highest BCUT2D eigenvalue weighted by Crippen LogP contribution is 2.33. The number of benzene rings is 2. The molecule has 8 heteroatoms. The van der Waals surface area contributed by atoms with Crippen LogP contribution in [0.3, 0.4) is 0 Å². The van der Waals surface area contributed by atoms with Gasteiger partial charge in [0.1, 0.15) is 17.2 Å². The summed E-state index contributed by atoms with van der Waals surface area (Å²) in [6.07, 6.45) is 2.57. The Bertz CT molecular complexity index is 1190. The van der Waals surface area contributed by atoms with Crippen LogP contribution in [0.1, 0.15) is 31.0 Å². The zero-order valence-corrected chi connectivity index (χ0v) is 17.6. The Hall–Kier alpha value is -3.65. The van der Waals surface area contributed by atoms with Gasteiger partial charge in [0.2, 0.25) is 5.95 Å². The van der Waals surface area contributed by atoms with Gasteiger partial charge in [0.15, 0.2) is 0 Å². The first-order valence-corrected chi connectivity index (χ1v) is 10.6. The fourth-order valence-corrected chi connectivity index (χ4v) is 3.88. The summed E-state index contributed by atoms with van der Waals surface area (Å²) < 4.78 is 21.0. The van der Waals surface area contributed by atoms with E-state index in [1.165, 1.54) is 12.1 Å². The number of aromatic nitrogens is 5. The lowest BCUT2D eigenvalue weighted by atomic mass is 10.1. The SMILES string of the molecule is CC(Nc1nccc(-c2c(-c3ccc(F)cc3)nnn2[C@H]2CCOC2)n1)c1ccccc1. The van der Waals surface area contributed by atoms with Crippen LogP contribution in [0.25, 0.3) is 22.6 Å². The van der Waals surface area contributed by atoms with Gasteiger partial charge in [0.25, 0.3) is 0 Å². The van der Waals surface area contributed by atoms with Gasteiger partial charge in [0.05, 0.1) is 24.4 Å². The molecule has 1 N–H and O–H groups in total. The van der Waals surface area contributed by atoms with E-state index in [1.807, 2.05) is 28.9 Å². The highest BCUT2D eigenvalue weighted by molar-refractivity contribution is 5.76. The van der Waals surface area contributed by atoms with Crippen LogP contribution in [-0.2, 0) is 4.74 Å². The quantitative estimate of drug-likeness (QED) is 0.479. The fraction of sp³-hybridized carbons (Fsp3) is 0.250. The number of ether oxygens (including phenoxy) is 1. The molecule has 1 aliphatic rings. The van der Waals surface area contributed by atoms with E-state index in [9.17, 15) is 4.39 Å². The lowest BCUT2D eigenvalue weighted by Gasteiger charge is -2.16. The van der Waals surface area contributed by atoms with Crippen LogP contribution in [0.2, 0.25) is 0 Å². The number of rotatable bonds is 6. The normalized spacial score (nSPS) is 16.8. The zero-order chi connectivity index (χ0) is 21.9. The molecule has 1 fully saturated rings. The van der Waals surface area contributed by atoms with E-state index in [-0.39, 0.29) is 17.9 Å². The molecule has 0 saturated carbocycles. The lowest BCUT2D eigenvalue weighted by Crippen LogP contribution is -2.13. The van der Waals surface area contributed by atoms with E-state index in [0.29, 0.717) is 30.5 Å². The maximum atomic E-state index is 13.5. The topological polar surface area (TPSA) is 77.8 Å². The molecule has 7 nitrogen and oxygen atoms in total. The Kier molecular flexibility index (Phi) is 5.60. The molecule has 0 bridgehead atoms. The molecule has 2 aromatic heterocycles. The van der Waals surface area contributed by atoms with Crippen LogP contribution < -0.4 is 5.32 Å². The van der Waals surface area contributed by atoms with Gasteiger partial charge in [-0.25, -0.2) is 19.0 Å². The predicted octanol–water partition coefficient (Wildman–Crippen LogP) is 4.68. The molecular formula is C24H23FN6O. The van der Waals surface area contributed by atoms with Gasteiger partial charge in [-0.15, -0.1) is 5.10 Å². The van der Waals surface area contributed by atoms with Crippen LogP contribution in [0, 0.1) is 5.82 Å². The molecule has 1 aliphatic heterocycles. The molecule has 1 saturated heterocycles. The molecule has 162 valence electrons. The van der Waals surface area contributed by atoms with E-state index in [2.05, 4.69) is 39.7 Å². The lowest BCUT2D eigenvalue weighted by molar-refractivity contribution is 0.184. The molecule has 32 heavy (non-hydrogen) atoms. The summed E-state index contributed by atoms with van der Waals surface area (Å²) in [4.78, 5) is 9.19. The molecule has 0 amide bonds. The van der Waals surface area contributed by atoms with Crippen molar-refractivity contribution in [2.24, 2.45) is 0 Å². The minimum Gasteiger partial charge on any atom is -0.379 e. The highest BCUT2D eigenvalue weighted by Gasteiger charge is 2.26. The summed E-state index contributed by atoms with van der Waals surface area (Å²) >= 11 is 0. The van der Waals surface area contributed by atoms with Crippen molar-refractivity contribution in [3.63, 3.8) is 0 Å². The van der Waals surface area contributed by atoms with Gasteiger partial charge < -0.3 is 10.1 Å². The van der Waals surface area contributed by atoms with Gasteiger partial charge in [0, 0.05) is 18.4 Å². The van der Waals surface area contributed by atoms with Crippen molar-refractivity contribution in [1.82, 2.24) is 25.0 Å². The van der Waals surface area contributed by atoms with E-state index >= 15 is 0 Å². The van der Waals surface area contributed by atoms with Crippen LogP contribution in [0.15, 0.2) is 66.9 Å². The van der Waals surface area contributed by atoms with Crippen molar-refractivity contribution >= 4 is 5.95 Å². The van der Waals surface area contributed by atoms with Gasteiger partial charge in [-0.1, -0.05) is 35.5 Å². The Morgan fingerprint density at radius 1 is 1.09 bits per heavy atom. The molecular weight excluding hydrogens is 407 g/mol. The van der Waals surface area contributed by atoms with Gasteiger partial charge >= 0.3 is 0 Å². The summed E-state index contributed by atoms with van der Waals surface area (Å²) in [7, 11) is 0. The van der Waals surface area contributed by atoms with Crippen molar-refractivity contribution in [1.29, 1.82) is 0 Å². The Labute approximate surface area is 185 Å². The Morgan fingerprint density at radius 3 is 2.66 bits per heavy atom. The van der Waals surface area contributed by atoms with Crippen molar-refractivity contribution in [2.75, 3.05) is 18.5 Å². The smallest absolute Gasteiger partial charge is 0.223 e. The van der Waals surface area contributed by atoms with E-state index in [4.69, 9.17) is 9.72 Å². The number of nitrogens with one attached hydrogen (secondary N) is 1. The average Bonchev–Trinajstić information content (AvgIpc) is 3.50. The molecule has 1 unspecified atom stereocenters. The Balaban J connectivity index is 1.54. The monoisotopic (exact) mass is 430 g/mol. The summed E-state index contributed by atoms with van der Waals surface area (Å²) in [6, 6.07) is 18.3. The summed E-state index contributed by atoms with van der Waals surface area (Å²) in [5, 5.41) is 12.2. The molecule has 4 aromatic rings. The van der Waals surface area contributed by atoms with E-state index in [1.54, 1.807) is 18.3 Å². The molecule has 0 radical (unpaired) electrons. The second-order valence-corrected chi connectivity index (χ2v) is 7.80. The van der Waals surface area contributed by atoms with E-state index in [0.717, 1.165) is 23.2 Å². The van der Waals surface area contributed by atoms with Crippen LogP contribution in [0.4, 0.5) is 10.3 Å². The zero-order valence-electron chi connectivity index (χ0n) is 17.6. The minimum atomic E-state index is -0.296. The number of nitrogens with zero attached hydrogens (tertiary/aromatic N) is 5. The van der Waals surface area contributed by atoms with Crippen LogP contribution in [0.5, 0.6) is 0 Å². The highest BCUT2D eigenvalue weighted by atomic mass is 19.1. The third-order valence-corrected chi connectivity index (χ3v) is 5.61. The second kappa shape index (κ2) is 8.84. The number of anilines is 1. The second-order valence-electron chi connectivity index (χ2n) is 7.80. The summed E-state index contributed by atoms with van der Waals surface area (Å²) in [6.45, 7) is 3.32. The standard InChI is InChI=1S/C24H23FN6O/c1-16(17-5-3-2-4-6-17)27-24-26-13-11-21(28-24)23-22(18-7-9-19(25)10-8-18)29-30-31(23)20-12-14-32-15-20/h2-11,13,16,20H,12,14-15H2,1H3,(H,26,27,28)/t16?,20-/m0/s1. The van der Waals surface area contributed by atoms with Crippen molar-refractivity contribution in [2.45, 2.75) is 25.4 Å². The number of halogens is 1. The van der Waals surface area contributed by atoms with Gasteiger partial charge in [-0.3, -0.25) is 0 Å².